The van der Waals surface area contributed by atoms with Gasteiger partial charge in [-0.3, -0.25) is 13.9 Å². The molecule has 2 aromatic heterocycles. The second-order valence-electron chi connectivity index (χ2n) is 11.0. The summed E-state index contributed by atoms with van der Waals surface area (Å²) in [4.78, 5) is 47.1. The fourth-order valence-electron chi connectivity index (χ4n) is 5.11. The van der Waals surface area contributed by atoms with E-state index >= 15 is 0 Å². The van der Waals surface area contributed by atoms with Crippen LogP contribution in [0.15, 0.2) is 57.5 Å². The van der Waals surface area contributed by atoms with E-state index < -0.39 is 78.5 Å². The van der Waals surface area contributed by atoms with Gasteiger partial charge in [0, 0.05) is 54.2 Å². The molecular weight excluding hydrogens is 664 g/mol. The Hall–Kier alpha value is -5.05. The van der Waals surface area contributed by atoms with Gasteiger partial charge in [0.05, 0.1) is 18.8 Å². The van der Waals surface area contributed by atoms with Gasteiger partial charge in [-0.25, -0.2) is 9.59 Å². The summed E-state index contributed by atoms with van der Waals surface area (Å²) in [5, 5.41) is 36.6. The average Bonchev–Trinajstić information content (AvgIpc) is 3.81. The first kappa shape index (κ1) is 41.1. The molecule has 3 aliphatic rings. The van der Waals surface area contributed by atoms with Crippen molar-refractivity contribution in [3.63, 3.8) is 0 Å². The minimum atomic E-state index is -1.83. The van der Waals surface area contributed by atoms with Gasteiger partial charge < -0.3 is 45.7 Å². The van der Waals surface area contributed by atoms with Gasteiger partial charge in [0.15, 0.2) is 5.72 Å². The number of anilines is 2. The molecule has 0 spiro atoms. The lowest BCUT2D eigenvalue weighted by Crippen LogP contribution is -2.43. The minimum Gasteiger partial charge on any atom is -0.463 e. The third-order valence-electron chi connectivity index (χ3n) is 7.69. The summed E-state index contributed by atoms with van der Waals surface area (Å²) < 4.78 is 23.0. The molecule has 0 bridgehead atoms. The van der Waals surface area contributed by atoms with Crippen molar-refractivity contribution in [1.29, 1.82) is 0 Å². The molecule has 3 saturated heterocycles. The summed E-state index contributed by atoms with van der Waals surface area (Å²) in [7, 11) is 0. The normalized spacial score (nSPS) is 29.3. The highest BCUT2D eigenvalue weighted by atomic mass is 16.6. The number of aliphatic hydroxyl groups is 3. The lowest BCUT2D eigenvalue weighted by Gasteiger charge is -2.26. The molecule has 0 radical (unpaired) electrons. The number of rotatable bonds is 7. The van der Waals surface area contributed by atoms with Crippen molar-refractivity contribution in [2.24, 2.45) is 22.1 Å². The van der Waals surface area contributed by atoms with Gasteiger partial charge in [0.1, 0.15) is 30.7 Å². The van der Waals surface area contributed by atoms with Crippen LogP contribution in [0.2, 0.25) is 0 Å². The third-order valence-corrected chi connectivity index (χ3v) is 7.69. The van der Waals surface area contributed by atoms with Crippen molar-refractivity contribution in [3.8, 4) is 0 Å². The minimum absolute atomic E-state index is 0.0404. The first-order chi connectivity index (χ1) is 23.8. The van der Waals surface area contributed by atoms with Gasteiger partial charge in [-0.05, 0) is 36.0 Å². The maximum Gasteiger partial charge on any atom is 0.351 e. The van der Waals surface area contributed by atoms with Crippen LogP contribution in [0.25, 0.3) is 20.9 Å². The average molecular weight is 707 g/mol. The van der Waals surface area contributed by atoms with Gasteiger partial charge in [-0.2, -0.15) is 9.97 Å². The molecular formula is C28H42N12O10. The number of hydrogen-bond donors (Lipinski definition) is 5. The van der Waals surface area contributed by atoms with Crippen LogP contribution in [0.5, 0.6) is 0 Å². The van der Waals surface area contributed by atoms with E-state index in [1.807, 2.05) is 0 Å². The largest absolute Gasteiger partial charge is 0.463 e. The summed E-state index contributed by atoms with van der Waals surface area (Å²) in [5.74, 6) is -1.77. The Morgan fingerprint density at radius 2 is 1.38 bits per heavy atom. The summed E-state index contributed by atoms with van der Waals surface area (Å²) in [6.45, 7) is 11.2. The van der Waals surface area contributed by atoms with Crippen molar-refractivity contribution in [2.75, 3.05) is 37.9 Å². The Morgan fingerprint density at radius 3 is 1.74 bits per heavy atom. The molecule has 5 rings (SSSR count). The summed E-state index contributed by atoms with van der Waals surface area (Å²) >= 11 is 0. The molecule has 7 N–H and O–H groups in total. The summed E-state index contributed by atoms with van der Waals surface area (Å²) in [6, 6.07) is 2.79. The molecule has 0 amide bonds. The number of esters is 1. The number of ether oxygens (including phenoxy) is 4. The maximum absolute atomic E-state index is 11.9. The number of hydrogen-bond acceptors (Lipinski definition) is 16. The zero-order chi connectivity index (χ0) is 37.6. The van der Waals surface area contributed by atoms with Crippen LogP contribution in [0.1, 0.15) is 46.1 Å². The number of carbonyl (C=O) groups excluding carboxylic acids is 1. The zero-order valence-corrected chi connectivity index (χ0v) is 27.8. The molecule has 0 aromatic carbocycles. The fourth-order valence-corrected chi connectivity index (χ4v) is 5.11. The van der Waals surface area contributed by atoms with Crippen molar-refractivity contribution >= 4 is 17.6 Å². The SMILES string of the molecule is C1CCOC1.C=C.CC(=O)OC[C@@]1(N=[N+]=[N-])O[C@@H](n2ccc(N)nc2=O)[C@@H](C)[C@@H]1O.C[C@@H]1[C@H](n2ccc(N)nc2=O)O[C@@](CO)(N=[N+]=[N-])[C@H]1O. The topological polar surface area (TPSA) is 334 Å². The Kier molecular flexibility index (Phi) is 15.3. The molecule has 22 nitrogen and oxygen atoms in total. The molecule has 3 fully saturated rings. The van der Waals surface area contributed by atoms with E-state index in [1.165, 1.54) is 44.3 Å². The number of aromatic nitrogens is 4. The predicted molar refractivity (Wildman–Crippen MR) is 175 cm³/mol. The second-order valence-corrected chi connectivity index (χ2v) is 11.0. The molecule has 0 aliphatic carbocycles. The molecule has 0 unspecified atom stereocenters. The second kappa shape index (κ2) is 18.6. The van der Waals surface area contributed by atoms with Crippen LogP contribution in [-0.2, 0) is 23.7 Å². The summed E-state index contributed by atoms with van der Waals surface area (Å²) in [5.41, 5.74) is 23.1. The monoisotopic (exact) mass is 706 g/mol. The molecule has 5 heterocycles. The van der Waals surface area contributed by atoms with Crippen molar-refractivity contribution in [3.05, 3.63) is 79.5 Å². The standard InChI is InChI=1S/C12H16N6O5.C10H14N6O4.C4H8O.C2H4/c1-6-9(20)12(16-17-14,5-22-7(2)19)23-10(6)18-4-3-8(13)15-11(18)21;1-5-7(18)10(4-17,14-15-12)20-8(5)16-3-2-6(11)13-9(16)19;1-2-4-5-3-1;1-2/h3-4,6,9-10,20H,5H2,1-2H3,(H2,13,15,21);2-3,5,7-8,17-18H,4H2,1H3,(H2,11,13,19);1-4H2;1-2H2/t6-,9-,10+,12+;5-,7-,8+,10+;;/m00../s1. The number of azide groups is 2. The lowest BCUT2D eigenvalue weighted by atomic mass is 9.98. The first-order valence-corrected chi connectivity index (χ1v) is 15.1. The van der Waals surface area contributed by atoms with Gasteiger partial charge in [0.2, 0.25) is 5.72 Å². The van der Waals surface area contributed by atoms with Gasteiger partial charge in [0.25, 0.3) is 0 Å². The fraction of sp³-hybridized carbons (Fsp3) is 0.607. The van der Waals surface area contributed by atoms with Gasteiger partial charge in [-0.15, -0.1) is 13.2 Å². The van der Waals surface area contributed by atoms with Crippen LogP contribution < -0.4 is 22.8 Å². The van der Waals surface area contributed by atoms with Crippen molar-refractivity contribution in [2.45, 2.75) is 69.7 Å². The van der Waals surface area contributed by atoms with Gasteiger partial charge in [-0.1, -0.05) is 24.1 Å². The number of nitrogens with two attached hydrogens (primary N) is 2. The van der Waals surface area contributed by atoms with Crippen LogP contribution in [0.4, 0.5) is 11.6 Å². The smallest absolute Gasteiger partial charge is 0.351 e. The van der Waals surface area contributed by atoms with Crippen LogP contribution >= 0.6 is 0 Å². The Labute approximate surface area is 285 Å². The molecule has 22 heteroatoms. The van der Waals surface area contributed by atoms with E-state index in [9.17, 15) is 29.7 Å². The van der Waals surface area contributed by atoms with Crippen LogP contribution in [-0.4, -0.2) is 90.5 Å². The quantitative estimate of drug-likeness (QED) is 0.0877. The maximum atomic E-state index is 11.9. The molecule has 274 valence electrons. The van der Waals surface area contributed by atoms with E-state index in [0.717, 1.165) is 22.3 Å². The van der Waals surface area contributed by atoms with Gasteiger partial charge >= 0.3 is 17.3 Å². The van der Waals surface area contributed by atoms with E-state index in [-0.39, 0.29) is 11.6 Å². The molecule has 3 aliphatic heterocycles. The Balaban J connectivity index is 0.000000293. The van der Waals surface area contributed by atoms with E-state index in [1.54, 1.807) is 13.8 Å². The first-order valence-electron chi connectivity index (χ1n) is 15.1. The summed E-state index contributed by atoms with van der Waals surface area (Å²) in [6.07, 6.45) is 0.818. The highest BCUT2D eigenvalue weighted by Crippen LogP contribution is 2.43. The Morgan fingerprint density at radius 1 is 0.960 bits per heavy atom. The van der Waals surface area contributed by atoms with Crippen LogP contribution in [0.3, 0.4) is 0 Å². The predicted octanol–water partition coefficient (Wildman–Crippen LogP) is 0.870. The number of nitrogens with zero attached hydrogens (tertiary/aromatic N) is 10. The Bertz CT molecular complexity index is 1650. The zero-order valence-electron chi connectivity index (χ0n) is 27.8. The third kappa shape index (κ3) is 9.55. The highest BCUT2D eigenvalue weighted by Gasteiger charge is 2.55. The van der Waals surface area contributed by atoms with Crippen molar-refractivity contribution < 1.29 is 39.1 Å². The number of carbonyl (C=O) groups is 1. The van der Waals surface area contributed by atoms with E-state index in [0.29, 0.717) is 0 Å². The molecule has 50 heavy (non-hydrogen) atoms. The number of nitrogen functional groups attached to an aromatic ring is 2. The highest BCUT2D eigenvalue weighted by molar-refractivity contribution is 5.66. The molecule has 2 aromatic rings. The van der Waals surface area contributed by atoms with Crippen molar-refractivity contribution in [1.82, 2.24) is 19.1 Å². The van der Waals surface area contributed by atoms with E-state index in [2.05, 4.69) is 43.2 Å². The molecule has 8 atom stereocenters. The van der Waals surface area contributed by atoms with Crippen LogP contribution in [0, 0.1) is 11.8 Å². The number of aliphatic hydroxyl groups excluding tert-OH is 3. The molecule has 0 saturated carbocycles. The lowest BCUT2D eigenvalue weighted by molar-refractivity contribution is -0.163. The van der Waals surface area contributed by atoms with E-state index in [4.69, 9.17) is 41.5 Å².